The summed E-state index contributed by atoms with van der Waals surface area (Å²) in [4.78, 5) is 30.4. The van der Waals surface area contributed by atoms with E-state index in [9.17, 15) is 9.59 Å². The fraction of sp³-hybridized carbons (Fsp3) is 0.391. The van der Waals surface area contributed by atoms with Crippen LogP contribution in [0.5, 0.6) is 5.75 Å². The van der Waals surface area contributed by atoms with Gasteiger partial charge in [-0.1, -0.05) is 49.8 Å². The number of benzene rings is 1. The van der Waals surface area contributed by atoms with Crippen molar-refractivity contribution >= 4 is 39.9 Å². The predicted molar refractivity (Wildman–Crippen MR) is 133 cm³/mol. The number of ether oxygens (including phenoxy) is 1. The van der Waals surface area contributed by atoms with E-state index in [1.807, 2.05) is 33.8 Å². The molecule has 34 heavy (non-hydrogen) atoms. The number of hydrogen-bond donors (Lipinski definition) is 3. The lowest BCUT2D eigenvalue weighted by Crippen LogP contribution is -2.28. The molecular formula is C23H28ClN5O4S. The van der Waals surface area contributed by atoms with E-state index in [-0.39, 0.29) is 31.5 Å². The molecule has 0 aliphatic carbocycles. The van der Waals surface area contributed by atoms with E-state index >= 15 is 0 Å². The second-order valence-electron chi connectivity index (χ2n) is 8.65. The molecule has 2 aromatic heterocycles. The summed E-state index contributed by atoms with van der Waals surface area (Å²) < 4.78 is 7.00. The first-order chi connectivity index (χ1) is 16.0. The smallest absolute Gasteiger partial charge is 0.269 e. The molecule has 0 radical (unpaired) electrons. The van der Waals surface area contributed by atoms with E-state index in [0.717, 1.165) is 10.4 Å². The van der Waals surface area contributed by atoms with Gasteiger partial charge in [0.1, 0.15) is 17.1 Å². The maximum absolute atomic E-state index is 12.8. The van der Waals surface area contributed by atoms with Crippen LogP contribution in [0.15, 0.2) is 24.3 Å². The standard InChI is InChI=1S/C23H28ClN5O4S/c1-13-19(34-22(26-13)27-21(32)23(2,3)4)16-11-17(20(31)25-8-9-30)29(28-16)12-14-6-7-15(24)10-18(14)33-5/h6-7,10-11,30H,8-9,12H2,1-5H3,(H,25,31)(H,26,27,32). The zero-order chi connectivity index (χ0) is 25.0. The summed E-state index contributed by atoms with van der Waals surface area (Å²) in [5.41, 5.74) is 1.78. The number of carbonyl (C=O) groups is 2. The summed E-state index contributed by atoms with van der Waals surface area (Å²) in [6.45, 7) is 7.50. The van der Waals surface area contributed by atoms with Crippen LogP contribution in [0, 0.1) is 12.3 Å². The first-order valence-corrected chi connectivity index (χ1v) is 11.8. The van der Waals surface area contributed by atoms with E-state index in [4.69, 9.17) is 21.4 Å². The minimum atomic E-state index is -0.559. The minimum Gasteiger partial charge on any atom is -0.496 e. The molecule has 0 atom stereocenters. The van der Waals surface area contributed by atoms with Crippen molar-refractivity contribution in [2.24, 2.45) is 5.41 Å². The molecule has 2 heterocycles. The SMILES string of the molecule is COc1cc(Cl)ccc1Cn1nc(-c2sc(NC(=O)C(C)(C)C)nc2C)cc1C(=O)NCCO. The molecule has 3 N–H and O–H groups in total. The number of halogens is 1. The Bertz CT molecular complexity index is 1200. The number of aryl methyl sites for hydroxylation is 1. The molecule has 3 aromatic rings. The van der Waals surface area contributed by atoms with E-state index in [1.54, 1.807) is 30.0 Å². The molecule has 0 saturated heterocycles. The fourth-order valence-corrected chi connectivity index (χ4v) is 4.15. The Hall–Kier alpha value is -2.95. The van der Waals surface area contributed by atoms with Crippen molar-refractivity contribution < 1.29 is 19.4 Å². The summed E-state index contributed by atoms with van der Waals surface area (Å²) in [5, 5.41) is 20.3. The number of hydrogen-bond acceptors (Lipinski definition) is 7. The fourth-order valence-electron chi connectivity index (χ4n) is 3.07. The van der Waals surface area contributed by atoms with Crippen molar-refractivity contribution in [3.8, 4) is 16.3 Å². The highest BCUT2D eigenvalue weighted by Crippen LogP contribution is 2.34. The van der Waals surface area contributed by atoms with Gasteiger partial charge in [0.05, 0.1) is 30.8 Å². The van der Waals surface area contributed by atoms with Gasteiger partial charge in [0.2, 0.25) is 5.91 Å². The summed E-state index contributed by atoms with van der Waals surface area (Å²) in [5.74, 6) is 0.0637. The average Bonchev–Trinajstić information content (AvgIpc) is 3.35. The van der Waals surface area contributed by atoms with Crippen molar-refractivity contribution in [3.63, 3.8) is 0 Å². The van der Waals surface area contributed by atoms with E-state index in [0.29, 0.717) is 33.0 Å². The number of amides is 2. The largest absolute Gasteiger partial charge is 0.496 e. The topological polar surface area (TPSA) is 118 Å². The lowest BCUT2D eigenvalue weighted by atomic mass is 9.96. The number of nitrogens with one attached hydrogen (secondary N) is 2. The zero-order valence-corrected chi connectivity index (χ0v) is 21.3. The monoisotopic (exact) mass is 505 g/mol. The van der Waals surface area contributed by atoms with Crippen LogP contribution in [0.3, 0.4) is 0 Å². The first kappa shape index (κ1) is 25.7. The normalized spacial score (nSPS) is 11.4. The third-order valence-electron chi connectivity index (χ3n) is 4.91. The molecule has 2 amide bonds. The first-order valence-electron chi connectivity index (χ1n) is 10.6. The van der Waals surface area contributed by atoms with E-state index in [2.05, 4.69) is 20.7 Å². The molecule has 9 nitrogen and oxygen atoms in total. The molecule has 0 saturated carbocycles. The molecule has 0 aliphatic rings. The van der Waals surface area contributed by atoms with Gasteiger partial charge in [0.25, 0.3) is 5.91 Å². The number of anilines is 1. The maximum Gasteiger partial charge on any atom is 0.269 e. The Balaban J connectivity index is 1.99. The number of aliphatic hydroxyl groups is 1. The van der Waals surface area contributed by atoms with Crippen LogP contribution in [0.2, 0.25) is 5.02 Å². The Kier molecular flexibility index (Phi) is 7.96. The van der Waals surface area contributed by atoms with Crippen molar-refractivity contribution in [2.75, 3.05) is 25.6 Å². The van der Waals surface area contributed by atoms with Crippen LogP contribution >= 0.6 is 22.9 Å². The van der Waals surface area contributed by atoms with Crippen LogP contribution in [0.4, 0.5) is 5.13 Å². The molecular weight excluding hydrogens is 478 g/mol. The van der Waals surface area contributed by atoms with Crippen LogP contribution in [0.1, 0.15) is 42.5 Å². The van der Waals surface area contributed by atoms with E-state index in [1.165, 1.54) is 11.3 Å². The van der Waals surface area contributed by atoms with Gasteiger partial charge in [-0.05, 0) is 25.1 Å². The molecule has 182 valence electrons. The summed E-state index contributed by atoms with van der Waals surface area (Å²) >= 11 is 7.37. The van der Waals surface area contributed by atoms with Crippen LogP contribution in [0.25, 0.3) is 10.6 Å². The van der Waals surface area contributed by atoms with Crippen LogP contribution in [-0.2, 0) is 11.3 Å². The summed E-state index contributed by atoms with van der Waals surface area (Å²) in [6.07, 6.45) is 0. The molecule has 0 aliphatic heterocycles. The number of thiazole rings is 1. The lowest BCUT2D eigenvalue weighted by molar-refractivity contribution is -0.123. The lowest BCUT2D eigenvalue weighted by Gasteiger charge is -2.15. The molecule has 3 rings (SSSR count). The highest BCUT2D eigenvalue weighted by Gasteiger charge is 2.24. The third kappa shape index (κ3) is 5.94. The number of aromatic nitrogens is 3. The van der Waals surface area contributed by atoms with Gasteiger partial charge in [0, 0.05) is 22.5 Å². The van der Waals surface area contributed by atoms with Crippen molar-refractivity contribution in [3.05, 3.63) is 46.2 Å². The number of rotatable bonds is 8. The van der Waals surface area contributed by atoms with Gasteiger partial charge in [-0.2, -0.15) is 5.10 Å². The van der Waals surface area contributed by atoms with Gasteiger partial charge >= 0.3 is 0 Å². The highest BCUT2D eigenvalue weighted by molar-refractivity contribution is 7.19. The minimum absolute atomic E-state index is 0.117. The molecule has 0 bridgehead atoms. The van der Waals surface area contributed by atoms with Crippen molar-refractivity contribution in [1.29, 1.82) is 0 Å². The van der Waals surface area contributed by atoms with Gasteiger partial charge < -0.3 is 20.5 Å². The second-order valence-corrected chi connectivity index (χ2v) is 10.1. The second kappa shape index (κ2) is 10.5. The summed E-state index contributed by atoms with van der Waals surface area (Å²) in [7, 11) is 1.55. The van der Waals surface area contributed by atoms with Crippen molar-refractivity contribution in [2.45, 2.75) is 34.2 Å². The number of carbonyl (C=O) groups excluding carboxylic acids is 2. The number of aliphatic hydroxyl groups excluding tert-OH is 1. The quantitative estimate of drug-likeness (QED) is 0.429. The Morgan fingerprint density at radius 1 is 1.26 bits per heavy atom. The van der Waals surface area contributed by atoms with Gasteiger partial charge in [0.15, 0.2) is 5.13 Å². The number of nitrogens with zero attached hydrogens (tertiary/aromatic N) is 3. The van der Waals surface area contributed by atoms with E-state index < -0.39 is 5.41 Å². The maximum atomic E-state index is 12.8. The Labute approximate surface area is 207 Å². The average molecular weight is 506 g/mol. The van der Waals surface area contributed by atoms with Crippen LogP contribution < -0.4 is 15.4 Å². The molecule has 11 heteroatoms. The third-order valence-corrected chi connectivity index (χ3v) is 6.24. The van der Waals surface area contributed by atoms with Crippen LogP contribution in [-0.4, -0.2) is 51.9 Å². The Morgan fingerprint density at radius 2 is 2.00 bits per heavy atom. The molecule has 1 aromatic carbocycles. The zero-order valence-electron chi connectivity index (χ0n) is 19.7. The number of methoxy groups -OCH3 is 1. The molecule has 0 spiro atoms. The highest BCUT2D eigenvalue weighted by atomic mass is 35.5. The van der Waals surface area contributed by atoms with Gasteiger partial charge in [-0.25, -0.2) is 4.98 Å². The molecule has 0 fully saturated rings. The van der Waals surface area contributed by atoms with Gasteiger partial charge in [-0.15, -0.1) is 0 Å². The Morgan fingerprint density at radius 3 is 2.65 bits per heavy atom. The van der Waals surface area contributed by atoms with Crippen molar-refractivity contribution in [1.82, 2.24) is 20.1 Å². The molecule has 0 unspecified atom stereocenters. The van der Waals surface area contributed by atoms with Gasteiger partial charge in [-0.3, -0.25) is 14.3 Å². The summed E-state index contributed by atoms with van der Waals surface area (Å²) in [6, 6.07) is 6.93. The predicted octanol–water partition coefficient (Wildman–Crippen LogP) is 3.73.